The molecule has 1 N–H and O–H groups in total. The van der Waals surface area contributed by atoms with Crippen LogP contribution in [-0.2, 0) is 32.2 Å². The molecule has 1 heterocycles. The minimum absolute atomic E-state index is 0.289. The summed E-state index contributed by atoms with van der Waals surface area (Å²) in [6.45, 7) is 0.658. The zero-order valence-corrected chi connectivity index (χ0v) is 13.7. The molecule has 2 aromatic rings. The Morgan fingerprint density at radius 2 is 1.48 bits per heavy atom. The van der Waals surface area contributed by atoms with Gasteiger partial charge in [-0.2, -0.15) is 0 Å². The Hall–Kier alpha value is -2.63. The van der Waals surface area contributed by atoms with E-state index < -0.39 is 24.3 Å². The molecular weight excluding hydrogens is 320 g/mol. The molecule has 0 saturated heterocycles. The highest BCUT2D eigenvalue weighted by molar-refractivity contribution is 5.73. The lowest BCUT2D eigenvalue weighted by molar-refractivity contribution is -0.171. The Balaban J connectivity index is 1.68. The van der Waals surface area contributed by atoms with Crippen molar-refractivity contribution in [3.05, 3.63) is 84.1 Å². The first kappa shape index (κ1) is 17.2. The minimum atomic E-state index is -1.10. The third-order valence-electron chi connectivity index (χ3n) is 3.93. The van der Waals surface area contributed by atoms with E-state index in [1.165, 1.54) is 6.26 Å². The smallest absolute Gasteiger partial charge is 0.347 e. The second kappa shape index (κ2) is 8.46. The van der Waals surface area contributed by atoms with Crippen molar-refractivity contribution in [2.24, 2.45) is 0 Å². The molecule has 0 amide bonds. The zero-order chi connectivity index (χ0) is 17.5. The fourth-order valence-corrected chi connectivity index (χ4v) is 2.63. The summed E-state index contributed by atoms with van der Waals surface area (Å²) in [6, 6.07) is 19.3. The fraction of sp³-hybridized carbons (Fsp3) is 0.250. The molecule has 130 valence electrons. The highest BCUT2D eigenvalue weighted by Gasteiger charge is 2.38. The minimum Gasteiger partial charge on any atom is -0.484 e. The van der Waals surface area contributed by atoms with Crippen LogP contribution in [0.2, 0.25) is 0 Å². The predicted molar refractivity (Wildman–Crippen MR) is 91.7 cm³/mol. The Morgan fingerprint density at radius 1 is 0.920 bits per heavy atom. The van der Waals surface area contributed by atoms with Crippen molar-refractivity contribution < 1.29 is 24.1 Å². The number of benzene rings is 2. The summed E-state index contributed by atoms with van der Waals surface area (Å²) in [5.74, 6) is -1.07. The summed E-state index contributed by atoms with van der Waals surface area (Å²) >= 11 is 0. The summed E-state index contributed by atoms with van der Waals surface area (Å²) in [4.78, 5) is 11.5. The monoisotopic (exact) mass is 340 g/mol. The Bertz CT molecular complexity index is 699. The van der Waals surface area contributed by atoms with Gasteiger partial charge in [0.15, 0.2) is 0 Å². The molecule has 25 heavy (non-hydrogen) atoms. The lowest BCUT2D eigenvalue weighted by Crippen LogP contribution is -2.47. The Kier molecular flexibility index (Phi) is 5.82. The second-order valence-electron chi connectivity index (χ2n) is 5.75. The predicted octanol–water partition coefficient (Wildman–Crippen LogP) is 3.15. The Morgan fingerprint density at radius 3 is 2.04 bits per heavy atom. The van der Waals surface area contributed by atoms with Gasteiger partial charge in [0.2, 0.25) is 6.10 Å². The lowest BCUT2D eigenvalue weighted by Gasteiger charge is -2.32. The number of hydrogen-bond donors (Lipinski definition) is 1. The molecule has 0 radical (unpaired) electrons. The maximum absolute atomic E-state index is 11.5. The van der Waals surface area contributed by atoms with E-state index in [4.69, 9.17) is 14.2 Å². The molecule has 2 aromatic carbocycles. The third kappa shape index (κ3) is 4.68. The molecule has 0 fully saturated rings. The van der Waals surface area contributed by atoms with Crippen molar-refractivity contribution in [3.63, 3.8) is 0 Å². The number of ether oxygens (including phenoxy) is 3. The standard InChI is InChI=1S/C20H20O5/c21-20(22)19-18(25-14-16-9-5-2-6-10-16)17(11-12-23-19)24-13-15-7-3-1-4-8-15/h1-12,17-19H,13-14H2,(H,21,22)/t17-,18+,19+/m1/s1. The van der Waals surface area contributed by atoms with Gasteiger partial charge in [-0.15, -0.1) is 0 Å². The van der Waals surface area contributed by atoms with Gasteiger partial charge in [0.25, 0.3) is 0 Å². The van der Waals surface area contributed by atoms with Gasteiger partial charge in [-0.3, -0.25) is 0 Å². The molecular formula is C20H20O5. The van der Waals surface area contributed by atoms with Crippen molar-refractivity contribution in [2.75, 3.05) is 0 Å². The lowest BCUT2D eigenvalue weighted by atomic mass is 10.1. The zero-order valence-electron chi connectivity index (χ0n) is 13.7. The molecule has 3 rings (SSSR count). The fourth-order valence-electron chi connectivity index (χ4n) is 2.63. The van der Waals surface area contributed by atoms with E-state index in [2.05, 4.69) is 0 Å². The number of hydrogen-bond acceptors (Lipinski definition) is 4. The maximum atomic E-state index is 11.5. The third-order valence-corrected chi connectivity index (χ3v) is 3.93. The van der Waals surface area contributed by atoms with Crippen molar-refractivity contribution in [3.8, 4) is 0 Å². The molecule has 0 unspecified atom stereocenters. The molecule has 1 aliphatic rings. The van der Waals surface area contributed by atoms with Crippen LogP contribution in [0.4, 0.5) is 0 Å². The molecule has 1 aliphatic heterocycles. The van der Waals surface area contributed by atoms with Gasteiger partial charge in [0.05, 0.1) is 19.5 Å². The average Bonchev–Trinajstić information content (AvgIpc) is 2.66. The first-order chi connectivity index (χ1) is 12.2. The van der Waals surface area contributed by atoms with E-state index in [9.17, 15) is 9.90 Å². The molecule has 3 atom stereocenters. The van der Waals surface area contributed by atoms with Crippen LogP contribution in [0, 0.1) is 0 Å². The van der Waals surface area contributed by atoms with Gasteiger partial charge in [0.1, 0.15) is 12.2 Å². The van der Waals surface area contributed by atoms with Gasteiger partial charge in [-0.05, 0) is 17.2 Å². The van der Waals surface area contributed by atoms with E-state index in [0.29, 0.717) is 6.61 Å². The van der Waals surface area contributed by atoms with Gasteiger partial charge >= 0.3 is 5.97 Å². The van der Waals surface area contributed by atoms with Crippen molar-refractivity contribution in [1.82, 2.24) is 0 Å². The number of carboxylic acid groups (broad SMARTS) is 1. The van der Waals surface area contributed by atoms with Crippen molar-refractivity contribution in [1.29, 1.82) is 0 Å². The topological polar surface area (TPSA) is 65.0 Å². The van der Waals surface area contributed by atoms with E-state index in [1.807, 2.05) is 60.7 Å². The van der Waals surface area contributed by atoms with E-state index in [0.717, 1.165) is 11.1 Å². The van der Waals surface area contributed by atoms with Crippen LogP contribution in [0.15, 0.2) is 73.0 Å². The van der Waals surface area contributed by atoms with Crippen LogP contribution in [-0.4, -0.2) is 29.4 Å². The van der Waals surface area contributed by atoms with Crippen molar-refractivity contribution >= 4 is 5.97 Å². The summed E-state index contributed by atoms with van der Waals surface area (Å²) < 4.78 is 17.0. The van der Waals surface area contributed by atoms with Gasteiger partial charge in [-0.25, -0.2) is 4.79 Å². The average molecular weight is 340 g/mol. The van der Waals surface area contributed by atoms with E-state index in [1.54, 1.807) is 6.08 Å². The van der Waals surface area contributed by atoms with Crippen LogP contribution in [0.3, 0.4) is 0 Å². The molecule has 0 aliphatic carbocycles. The molecule has 0 bridgehead atoms. The van der Waals surface area contributed by atoms with Crippen LogP contribution in [0.5, 0.6) is 0 Å². The first-order valence-corrected chi connectivity index (χ1v) is 8.10. The molecule has 5 nitrogen and oxygen atoms in total. The SMILES string of the molecule is O=C(O)[C@H]1OC=C[C@@H](OCc2ccccc2)[C@@H]1OCc1ccccc1. The second-order valence-corrected chi connectivity index (χ2v) is 5.75. The maximum Gasteiger partial charge on any atom is 0.347 e. The van der Waals surface area contributed by atoms with E-state index in [-0.39, 0.29) is 6.61 Å². The summed E-state index contributed by atoms with van der Waals surface area (Å²) in [6.07, 6.45) is 0.731. The van der Waals surface area contributed by atoms with Crippen LogP contribution < -0.4 is 0 Å². The normalized spacial score (nSPS) is 22.3. The van der Waals surface area contributed by atoms with Crippen LogP contribution in [0.1, 0.15) is 11.1 Å². The molecule has 0 saturated carbocycles. The van der Waals surface area contributed by atoms with Gasteiger partial charge in [-0.1, -0.05) is 60.7 Å². The molecule has 0 aromatic heterocycles. The van der Waals surface area contributed by atoms with E-state index >= 15 is 0 Å². The number of rotatable bonds is 7. The number of carboxylic acids is 1. The first-order valence-electron chi connectivity index (χ1n) is 8.10. The summed E-state index contributed by atoms with van der Waals surface area (Å²) in [5, 5.41) is 9.41. The summed E-state index contributed by atoms with van der Waals surface area (Å²) in [5.41, 5.74) is 1.97. The number of aliphatic carboxylic acids is 1. The molecule has 0 spiro atoms. The highest BCUT2D eigenvalue weighted by Crippen LogP contribution is 2.22. The number of carbonyl (C=O) groups is 1. The van der Waals surface area contributed by atoms with Crippen LogP contribution in [0.25, 0.3) is 0 Å². The molecule has 5 heteroatoms. The van der Waals surface area contributed by atoms with Crippen LogP contribution >= 0.6 is 0 Å². The van der Waals surface area contributed by atoms with Crippen molar-refractivity contribution in [2.45, 2.75) is 31.5 Å². The van der Waals surface area contributed by atoms with Gasteiger partial charge in [0, 0.05) is 0 Å². The Labute approximate surface area is 146 Å². The largest absolute Gasteiger partial charge is 0.484 e. The quantitative estimate of drug-likeness (QED) is 0.839. The highest BCUT2D eigenvalue weighted by atomic mass is 16.6. The summed E-state index contributed by atoms with van der Waals surface area (Å²) in [7, 11) is 0. The van der Waals surface area contributed by atoms with Gasteiger partial charge < -0.3 is 19.3 Å².